The molecular formula is C25H23F3N8O. The van der Waals surface area contributed by atoms with Crippen LogP contribution in [0.25, 0.3) is 22.3 Å². The summed E-state index contributed by atoms with van der Waals surface area (Å²) in [6.45, 7) is 2.48. The molecule has 4 heterocycles. The number of aryl methyl sites for hydroxylation is 1. The predicted molar refractivity (Wildman–Crippen MR) is 130 cm³/mol. The van der Waals surface area contributed by atoms with Gasteiger partial charge in [-0.2, -0.15) is 23.4 Å². The van der Waals surface area contributed by atoms with E-state index in [0.717, 1.165) is 41.1 Å². The van der Waals surface area contributed by atoms with E-state index >= 15 is 0 Å². The molecule has 37 heavy (non-hydrogen) atoms. The Kier molecular flexibility index (Phi) is 5.46. The van der Waals surface area contributed by atoms with Crippen molar-refractivity contribution in [3.8, 4) is 5.69 Å². The highest BCUT2D eigenvalue weighted by molar-refractivity contribution is 6.20. The summed E-state index contributed by atoms with van der Waals surface area (Å²) in [5.74, 6) is 1.47. The van der Waals surface area contributed by atoms with Gasteiger partial charge in [0.1, 0.15) is 12.2 Å². The third-order valence-electron chi connectivity index (χ3n) is 6.45. The molecule has 1 fully saturated rings. The first kappa shape index (κ1) is 23.2. The number of fused-ring (bicyclic) bond motifs is 1. The Morgan fingerprint density at radius 1 is 1.14 bits per heavy atom. The molecule has 12 heteroatoms. The van der Waals surface area contributed by atoms with Crippen LogP contribution in [-0.2, 0) is 17.5 Å². The van der Waals surface area contributed by atoms with Crippen LogP contribution in [0.5, 0.6) is 0 Å². The van der Waals surface area contributed by atoms with E-state index in [0.29, 0.717) is 47.9 Å². The second-order valence-corrected chi connectivity index (χ2v) is 9.09. The van der Waals surface area contributed by atoms with Gasteiger partial charge in [0.15, 0.2) is 17.2 Å². The lowest BCUT2D eigenvalue weighted by atomic mass is 10.1. The molecule has 0 spiro atoms. The van der Waals surface area contributed by atoms with Gasteiger partial charge in [0.25, 0.3) is 0 Å². The molecule has 9 nitrogen and oxygen atoms in total. The minimum Gasteiger partial charge on any atom is -0.481 e. The third kappa shape index (κ3) is 4.32. The quantitative estimate of drug-likeness (QED) is 0.436. The summed E-state index contributed by atoms with van der Waals surface area (Å²) in [4.78, 5) is 13.8. The second-order valence-electron chi connectivity index (χ2n) is 9.09. The van der Waals surface area contributed by atoms with Gasteiger partial charge in [-0.05, 0) is 49.4 Å². The Hall–Kier alpha value is -4.22. The smallest absolute Gasteiger partial charge is 0.435 e. The van der Waals surface area contributed by atoms with E-state index in [1.165, 1.54) is 4.68 Å². The zero-order chi connectivity index (χ0) is 25.7. The van der Waals surface area contributed by atoms with E-state index in [2.05, 4.69) is 25.5 Å². The van der Waals surface area contributed by atoms with Gasteiger partial charge in [0.05, 0.1) is 30.9 Å². The molecule has 0 saturated heterocycles. The zero-order valence-corrected chi connectivity index (χ0v) is 20.1. The van der Waals surface area contributed by atoms with E-state index in [4.69, 9.17) is 9.72 Å². The highest BCUT2D eigenvalue weighted by atomic mass is 19.4. The fourth-order valence-electron chi connectivity index (χ4n) is 4.47. The molecule has 1 aliphatic heterocycles. The maximum atomic E-state index is 13.0. The molecule has 0 unspecified atom stereocenters. The van der Waals surface area contributed by atoms with Gasteiger partial charge >= 0.3 is 6.18 Å². The molecule has 0 radical (unpaired) electrons. The molecule has 190 valence electrons. The standard InChI is InChI=1S/C25H23F3N8O/c1-14-9-19(25(26,27)28)34-36(14)18-7-3-15(4-8-18)12-35-23-17(11-32-35)10-29-22(33-23)20-21(16-5-6-16)30-13-31-24(20)37-2/h3-4,7-11,16,30H,5-6,12-13H2,1-2H3. The number of halogens is 3. The zero-order valence-electron chi connectivity index (χ0n) is 20.1. The van der Waals surface area contributed by atoms with Crippen LogP contribution in [0.2, 0.25) is 0 Å². The first-order valence-corrected chi connectivity index (χ1v) is 11.8. The summed E-state index contributed by atoms with van der Waals surface area (Å²) in [7, 11) is 1.59. The lowest BCUT2D eigenvalue weighted by Crippen LogP contribution is -2.27. The van der Waals surface area contributed by atoms with E-state index < -0.39 is 11.9 Å². The molecule has 6 rings (SSSR count). The minimum atomic E-state index is -4.49. The molecule has 0 atom stereocenters. The molecule has 0 bridgehead atoms. The summed E-state index contributed by atoms with van der Waals surface area (Å²) in [5, 5.41) is 12.4. The van der Waals surface area contributed by atoms with Gasteiger partial charge in [-0.25, -0.2) is 24.3 Å². The van der Waals surface area contributed by atoms with Crippen LogP contribution in [0.4, 0.5) is 13.2 Å². The molecule has 2 aliphatic rings. The van der Waals surface area contributed by atoms with Gasteiger partial charge in [-0.15, -0.1) is 0 Å². The van der Waals surface area contributed by atoms with Crippen LogP contribution in [0.15, 0.2) is 53.4 Å². The van der Waals surface area contributed by atoms with Crippen molar-refractivity contribution in [1.82, 2.24) is 34.8 Å². The highest BCUT2D eigenvalue weighted by Crippen LogP contribution is 2.39. The molecule has 3 aromatic heterocycles. The van der Waals surface area contributed by atoms with Crippen LogP contribution < -0.4 is 5.32 Å². The van der Waals surface area contributed by atoms with E-state index in [-0.39, 0.29) is 0 Å². The Bertz CT molecular complexity index is 1540. The van der Waals surface area contributed by atoms with Crippen LogP contribution in [0.3, 0.4) is 0 Å². The lowest BCUT2D eigenvalue weighted by molar-refractivity contribution is -0.141. The molecule has 1 N–H and O–H groups in total. The van der Waals surface area contributed by atoms with Crippen molar-refractivity contribution in [2.75, 3.05) is 13.8 Å². The number of benzene rings is 1. The van der Waals surface area contributed by atoms with Crippen LogP contribution in [-0.4, -0.2) is 49.2 Å². The number of hydrogen-bond donors (Lipinski definition) is 1. The summed E-state index contributed by atoms with van der Waals surface area (Å²) < 4.78 is 47.7. The fraction of sp³-hybridized carbons (Fsp3) is 0.320. The van der Waals surface area contributed by atoms with Gasteiger partial charge in [0.2, 0.25) is 5.90 Å². The van der Waals surface area contributed by atoms with Crippen molar-refractivity contribution >= 4 is 22.5 Å². The fourth-order valence-corrected chi connectivity index (χ4v) is 4.47. The Morgan fingerprint density at radius 2 is 1.92 bits per heavy atom. The van der Waals surface area contributed by atoms with Crippen LogP contribution in [0.1, 0.15) is 35.6 Å². The molecule has 1 saturated carbocycles. The SMILES string of the molecule is COC1=NCNC(C2CC2)=C1c1ncc2cnn(Cc3ccc(-n4nc(C(F)(F)F)cc4C)cc3)c2n1. The van der Waals surface area contributed by atoms with Gasteiger partial charge in [-0.3, -0.25) is 0 Å². The number of methoxy groups -OCH3 is 1. The van der Waals surface area contributed by atoms with Crippen molar-refractivity contribution in [2.45, 2.75) is 32.5 Å². The number of aromatic nitrogens is 6. The van der Waals surface area contributed by atoms with E-state index in [9.17, 15) is 13.2 Å². The maximum absolute atomic E-state index is 13.0. The first-order valence-electron chi connectivity index (χ1n) is 11.8. The molecule has 1 aromatic carbocycles. The predicted octanol–water partition coefficient (Wildman–Crippen LogP) is 4.11. The molecule has 4 aromatic rings. The molecular weight excluding hydrogens is 485 g/mol. The summed E-state index contributed by atoms with van der Waals surface area (Å²) >= 11 is 0. The van der Waals surface area contributed by atoms with E-state index in [1.807, 2.05) is 12.1 Å². The third-order valence-corrected chi connectivity index (χ3v) is 6.45. The van der Waals surface area contributed by atoms with Gasteiger partial charge in [0, 0.05) is 17.6 Å². The summed E-state index contributed by atoms with van der Waals surface area (Å²) in [6, 6.07) is 8.20. The molecule has 1 aliphatic carbocycles. The summed E-state index contributed by atoms with van der Waals surface area (Å²) in [5.41, 5.74) is 3.45. The van der Waals surface area contributed by atoms with Crippen molar-refractivity contribution < 1.29 is 17.9 Å². The largest absolute Gasteiger partial charge is 0.481 e. The Morgan fingerprint density at radius 3 is 2.59 bits per heavy atom. The number of alkyl halides is 3. The average molecular weight is 509 g/mol. The maximum Gasteiger partial charge on any atom is 0.435 e. The van der Waals surface area contributed by atoms with Crippen LogP contribution in [0, 0.1) is 12.8 Å². The normalized spacial score (nSPS) is 16.2. The minimum absolute atomic E-state index is 0.401. The van der Waals surface area contributed by atoms with Crippen molar-refractivity contribution in [1.29, 1.82) is 0 Å². The topological polar surface area (TPSA) is 95.0 Å². The Balaban J connectivity index is 1.30. The summed E-state index contributed by atoms with van der Waals surface area (Å²) in [6.07, 6.45) is 1.17. The van der Waals surface area contributed by atoms with Crippen LogP contribution >= 0.6 is 0 Å². The number of ether oxygens (including phenoxy) is 1. The number of nitrogens with one attached hydrogen (secondary N) is 1. The number of rotatable bonds is 5. The Labute approximate surface area is 209 Å². The van der Waals surface area contributed by atoms with Crippen molar-refractivity contribution in [3.05, 3.63) is 71.2 Å². The lowest BCUT2D eigenvalue weighted by Gasteiger charge is -2.20. The number of hydrogen-bond acceptors (Lipinski definition) is 7. The average Bonchev–Trinajstić information content (AvgIpc) is 3.55. The molecule has 0 amide bonds. The van der Waals surface area contributed by atoms with Crippen molar-refractivity contribution in [2.24, 2.45) is 10.9 Å². The van der Waals surface area contributed by atoms with Crippen molar-refractivity contribution in [3.63, 3.8) is 0 Å². The number of aliphatic imine (C=N–C) groups is 1. The monoisotopic (exact) mass is 508 g/mol. The first-order chi connectivity index (χ1) is 17.8. The van der Waals surface area contributed by atoms with Gasteiger partial charge in [-0.1, -0.05) is 12.1 Å². The number of allylic oxidation sites excluding steroid dienone is 1. The van der Waals surface area contributed by atoms with E-state index in [1.54, 1.807) is 43.2 Å². The van der Waals surface area contributed by atoms with Gasteiger partial charge < -0.3 is 10.1 Å². The highest BCUT2D eigenvalue weighted by Gasteiger charge is 2.35. The second kappa shape index (κ2) is 8.71. The number of nitrogens with zero attached hydrogens (tertiary/aromatic N) is 7.